The summed E-state index contributed by atoms with van der Waals surface area (Å²) in [5.74, 6) is 1.08. The van der Waals surface area contributed by atoms with Gasteiger partial charge in [-0.3, -0.25) is 4.79 Å². The van der Waals surface area contributed by atoms with E-state index in [9.17, 15) is 4.79 Å². The van der Waals surface area contributed by atoms with Crippen LogP contribution in [0.15, 0.2) is 36.4 Å². The summed E-state index contributed by atoms with van der Waals surface area (Å²) in [6, 6.07) is 8.34. The summed E-state index contributed by atoms with van der Waals surface area (Å²) in [6.45, 7) is 0.858. The van der Waals surface area contributed by atoms with Crippen molar-refractivity contribution in [1.29, 1.82) is 0 Å². The lowest BCUT2D eigenvalue weighted by molar-refractivity contribution is -0.151. The van der Waals surface area contributed by atoms with Crippen LogP contribution in [0.1, 0.15) is 30.1 Å². The van der Waals surface area contributed by atoms with E-state index in [2.05, 4.69) is 30.4 Å². The van der Waals surface area contributed by atoms with E-state index in [-0.39, 0.29) is 18.0 Å². The molecule has 0 saturated heterocycles. The Kier molecular flexibility index (Phi) is 3.30. The van der Waals surface area contributed by atoms with Crippen molar-refractivity contribution in [2.75, 3.05) is 13.2 Å². The first-order valence-electron chi connectivity index (χ1n) is 7.85. The van der Waals surface area contributed by atoms with Crippen LogP contribution in [0.2, 0.25) is 0 Å². The summed E-state index contributed by atoms with van der Waals surface area (Å²) >= 11 is 0. The lowest BCUT2D eigenvalue weighted by atomic mass is 9.85. The lowest BCUT2D eigenvalue weighted by Crippen LogP contribution is -2.25. The Hall–Kier alpha value is -1.61. The summed E-state index contributed by atoms with van der Waals surface area (Å²) in [6.07, 6.45) is 7.69. The first-order valence-corrected chi connectivity index (χ1v) is 7.85. The molecule has 0 radical (unpaired) electrons. The van der Waals surface area contributed by atoms with Crippen LogP contribution in [0.25, 0.3) is 0 Å². The molecule has 0 aromatic heterocycles. The average Bonchev–Trinajstić information content (AvgIpc) is 3.10. The highest BCUT2D eigenvalue weighted by Crippen LogP contribution is 2.43. The number of hydrogen-bond acceptors (Lipinski definition) is 3. The number of rotatable bonds is 5. The third-order valence-corrected chi connectivity index (χ3v) is 5.04. The van der Waals surface area contributed by atoms with Gasteiger partial charge in [-0.25, -0.2) is 0 Å². The Labute approximate surface area is 124 Å². The molecule has 2 bridgehead atoms. The number of ether oxygens (including phenoxy) is 2. The highest BCUT2D eigenvalue weighted by atomic mass is 16.6. The molecule has 4 unspecified atom stereocenters. The van der Waals surface area contributed by atoms with Crippen molar-refractivity contribution >= 4 is 5.97 Å². The Balaban J connectivity index is 1.19. The standard InChI is InChI=1S/C18H20O3/c19-18(16-10-12-5-6-14(16)9-12)21-8-7-20-17-11-13-3-1-2-4-15(13)17/h1-6,12,14,16-17H,7-11H2. The second-order valence-electron chi connectivity index (χ2n) is 6.32. The Morgan fingerprint density at radius 3 is 2.81 bits per heavy atom. The quantitative estimate of drug-likeness (QED) is 0.473. The van der Waals surface area contributed by atoms with Crippen LogP contribution in [0.5, 0.6) is 0 Å². The molecule has 3 aliphatic carbocycles. The third kappa shape index (κ3) is 2.40. The monoisotopic (exact) mass is 284 g/mol. The van der Waals surface area contributed by atoms with Crippen molar-refractivity contribution in [2.45, 2.75) is 25.4 Å². The zero-order valence-electron chi connectivity index (χ0n) is 12.0. The molecule has 0 N–H and O–H groups in total. The summed E-state index contributed by atoms with van der Waals surface area (Å²) in [5, 5.41) is 0. The Morgan fingerprint density at radius 1 is 1.14 bits per heavy atom. The number of carbonyl (C=O) groups excluding carboxylic acids is 1. The van der Waals surface area contributed by atoms with Crippen molar-refractivity contribution < 1.29 is 14.3 Å². The Bertz CT molecular complexity index is 578. The lowest BCUT2D eigenvalue weighted by Gasteiger charge is -2.29. The molecule has 3 aliphatic rings. The van der Waals surface area contributed by atoms with Gasteiger partial charge in [-0.1, -0.05) is 36.4 Å². The second kappa shape index (κ2) is 5.30. The van der Waals surface area contributed by atoms with Gasteiger partial charge in [0.15, 0.2) is 0 Å². The van der Waals surface area contributed by atoms with E-state index >= 15 is 0 Å². The van der Waals surface area contributed by atoms with Gasteiger partial charge in [-0.15, -0.1) is 0 Å². The molecule has 21 heavy (non-hydrogen) atoms. The summed E-state index contributed by atoms with van der Waals surface area (Å²) in [4.78, 5) is 12.1. The van der Waals surface area contributed by atoms with Gasteiger partial charge in [0.05, 0.1) is 18.6 Å². The maximum Gasteiger partial charge on any atom is 0.309 e. The van der Waals surface area contributed by atoms with Crippen LogP contribution in [-0.4, -0.2) is 19.2 Å². The van der Waals surface area contributed by atoms with Crippen LogP contribution < -0.4 is 0 Å². The van der Waals surface area contributed by atoms with E-state index in [1.165, 1.54) is 11.1 Å². The highest BCUT2D eigenvalue weighted by Gasteiger charge is 2.40. The van der Waals surface area contributed by atoms with Crippen molar-refractivity contribution in [3.8, 4) is 0 Å². The molecule has 1 saturated carbocycles. The largest absolute Gasteiger partial charge is 0.463 e. The molecule has 1 aromatic carbocycles. The van der Waals surface area contributed by atoms with Gasteiger partial charge in [0.1, 0.15) is 6.61 Å². The molecule has 4 atom stereocenters. The van der Waals surface area contributed by atoms with Gasteiger partial charge in [-0.2, -0.15) is 0 Å². The molecule has 4 rings (SSSR count). The van der Waals surface area contributed by atoms with Crippen LogP contribution in [0.4, 0.5) is 0 Å². The second-order valence-corrected chi connectivity index (χ2v) is 6.32. The normalized spacial score (nSPS) is 31.8. The van der Waals surface area contributed by atoms with E-state index in [1.54, 1.807) is 0 Å². The van der Waals surface area contributed by atoms with Crippen LogP contribution in [0.3, 0.4) is 0 Å². The molecule has 0 aliphatic heterocycles. The average molecular weight is 284 g/mol. The molecular weight excluding hydrogens is 264 g/mol. The number of fused-ring (bicyclic) bond motifs is 3. The minimum atomic E-state index is -0.0375. The molecule has 3 nitrogen and oxygen atoms in total. The molecule has 110 valence electrons. The number of esters is 1. The van der Waals surface area contributed by atoms with Crippen LogP contribution >= 0.6 is 0 Å². The molecule has 3 heteroatoms. The maximum absolute atomic E-state index is 12.1. The van der Waals surface area contributed by atoms with E-state index in [0.29, 0.717) is 25.0 Å². The highest BCUT2D eigenvalue weighted by molar-refractivity contribution is 5.74. The fourth-order valence-electron chi connectivity index (χ4n) is 3.85. The minimum Gasteiger partial charge on any atom is -0.463 e. The van der Waals surface area contributed by atoms with E-state index in [1.807, 2.05) is 6.07 Å². The van der Waals surface area contributed by atoms with Crippen molar-refractivity contribution in [3.05, 3.63) is 47.5 Å². The minimum absolute atomic E-state index is 0.0375. The zero-order valence-corrected chi connectivity index (χ0v) is 12.0. The molecular formula is C18H20O3. The molecule has 1 aromatic rings. The van der Waals surface area contributed by atoms with Gasteiger partial charge in [-0.05, 0) is 35.8 Å². The van der Waals surface area contributed by atoms with Crippen LogP contribution in [-0.2, 0) is 20.7 Å². The van der Waals surface area contributed by atoms with Crippen LogP contribution in [0, 0.1) is 17.8 Å². The van der Waals surface area contributed by atoms with E-state index < -0.39 is 0 Å². The van der Waals surface area contributed by atoms with Crippen molar-refractivity contribution in [1.82, 2.24) is 0 Å². The predicted octanol–water partition coefficient (Wildman–Crippen LogP) is 3.06. The van der Waals surface area contributed by atoms with Gasteiger partial charge >= 0.3 is 5.97 Å². The van der Waals surface area contributed by atoms with E-state index in [4.69, 9.17) is 9.47 Å². The zero-order chi connectivity index (χ0) is 14.2. The smallest absolute Gasteiger partial charge is 0.309 e. The Morgan fingerprint density at radius 2 is 2.05 bits per heavy atom. The maximum atomic E-state index is 12.1. The fraction of sp³-hybridized carbons (Fsp3) is 0.500. The van der Waals surface area contributed by atoms with E-state index in [0.717, 1.165) is 19.3 Å². The number of benzene rings is 1. The predicted molar refractivity (Wildman–Crippen MR) is 78.6 cm³/mol. The number of carbonyl (C=O) groups is 1. The molecule has 1 fully saturated rings. The first kappa shape index (κ1) is 13.1. The molecule has 0 spiro atoms. The van der Waals surface area contributed by atoms with Gasteiger partial charge in [0.2, 0.25) is 0 Å². The fourth-order valence-corrected chi connectivity index (χ4v) is 3.85. The summed E-state index contributed by atoms with van der Waals surface area (Å²) in [5.41, 5.74) is 2.65. The summed E-state index contributed by atoms with van der Waals surface area (Å²) < 4.78 is 11.2. The first-order chi connectivity index (χ1) is 10.3. The molecule has 0 amide bonds. The SMILES string of the molecule is O=C(OCCOC1Cc2ccccc21)C1CC2C=CC1C2. The summed E-state index contributed by atoms with van der Waals surface area (Å²) in [7, 11) is 0. The topological polar surface area (TPSA) is 35.5 Å². The van der Waals surface area contributed by atoms with Gasteiger partial charge in [0.25, 0.3) is 0 Å². The third-order valence-electron chi connectivity index (χ3n) is 5.04. The number of hydrogen-bond donors (Lipinski definition) is 0. The number of allylic oxidation sites excluding steroid dienone is 2. The van der Waals surface area contributed by atoms with Crippen molar-refractivity contribution in [3.63, 3.8) is 0 Å². The van der Waals surface area contributed by atoms with Crippen molar-refractivity contribution in [2.24, 2.45) is 17.8 Å². The molecule has 0 heterocycles. The van der Waals surface area contributed by atoms with Gasteiger partial charge < -0.3 is 9.47 Å². The van der Waals surface area contributed by atoms with Gasteiger partial charge in [0, 0.05) is 6.42 Å².